The summed E-state index contributed by atoms with van der Waals surface area (Å²) in [5.74, 6) is 0. The summed E-state index contributed by atoms with van der Waals surface area (Å²) in [5, 5.41) is 10.2. The van der Waals surface area contributed by atoms with Crippen molar-refractivity contribution >= 4 is 43.1 Å². The summed E-state index contributed by atoms with van der Waals surface area (Å²) >= 11 is 0. The molecule has 0 aliphatic rings. The Balaban J connectivity index is 1.39. The lowest BCUT2D eigenvalue weighted by Crippen LogP contribution is -1.86. The number of rotatable bonds is 2. The van der Waals surface area contributed by atoms with E-state index in [-0.39, 0.29) is 0 Å². The second kappa shape index (κ2) is 7.57. The van der Waals surface area contributed by atoms with Crippen molar-refractivity contribution in [2.24, 2.45) is 0 Å². The smallest absolute Gasteiger partial charge is 0.0105 e. The normalized spacial score (nSPS) is 11.5. The minimum Gasteiger partial charge on any atom is -0.0616 e. The van der Waals surface area contributed by atoms with Crippen LogP contribution in [0.1, 0.15) is 0 Å². The molecule has 158 valence electrons. The molecule has 0 saturated carbocycles. The van der Waals surface area contributed by atoms with E-state index in [2.05, 4.69) is 133 Å². The monoisotopic (exact) mass is 430 g/mol. The van der Waals surface area contributed by atoms with Gasteiger partial charge >= 0.3 is 0 Å². The Morgan fingerprint density at radius 2 is 0.559 bits per heavy atom. The third-order valence-electron chi connectivity index (χ3n) is 6.96. The molecule has 0 N–H and O–H groups in total. The number of hydrogen-bond acceptors (Lipinski definition) is 0. The molecular weight excluding hydrogens is 408 g/mol. The van der Waals surface area contributed by atoms with Gasteiger partial charge in [0.15, 0.2) is 0 Å². The molecule has 0 bridgehead atoms. The topological polar surface area (TPSA) is 0 Å². The van der Waals surface area contributed by atoms with E-state index >= 15 is 0 Å². The van der Waals surface area contributed by atoms with Crippen LogP contribution in [0.15, 0.2) is 133 Å². The van der Waals surface area contributed by atoms with Crippen molar-refractivity contribution in [3.63, 3.8) is 0 Å². The lowest BCUT2D eigenvalue weighted by Gasteiger charge is -2.13. The quantitative estimate of drug-likeness (QED) is 0.239. The number of fused-ring (bicyclic) bond motifs is 4. The van der Waals surface area contributed by atoms with Crippen molar-refractivity contribution in [1.29, 1.82) is 0 Å². The van der Waals surface area contributed by atoms with E-state index in [0.717, 1.165) is 0 Å². The molecule has 0 fully saturated rings. The molecule has 0 heterocycles. The van der Waals surface area contributed by atoms with Gasteiger partial charge in [0, 0.05) is 0 Å². The van der Waals surface area contributed by atoms with Crippen LogP contribution in [-0.4, -0.2) is 0 Å². The zero-order valence-corrected chi connectivity index (χ0v) is 18.7. The number of hydrogen-bond donors (Lipinski definition) is 0. The van der Waals surface area contributed by atoms with Crippen molar-refractivity contribution in [2.75, 3.05) is 0 Å². The summed E-state index contributed by atoms with van der Waals surface area (Å²) in [6.45, 7) is 0. The summed E-state index contributed by atoms with van der Waals surface area (Å²) in [6, 6.07) is 48.8. The third kappa shape index (κ3) is 3.16. The van der Waals surface area contributed by atoms with Crippen LogP contribution < -0.4 is 0 Å². The Bertz CT molecular complexity index is 1720. The highest BCUT2D eigenvalue weighted by Gasteiger charge is 2.09. The molecule has 0 radical (unpaired) electrons. The van der Waals surface area contributed by atoms with E-state index in [0.29, 0.717) is 0 Å². The second-order valence-corrected chi connectivity index (χ2v) is 9.07. The summed E-state index contributed by atoms with van der Waals surface area (Å²) in [7, 11) is 0. The SMILES string of the molecule is c1ccc(-c2ccc3cc4ccccc4cc3c2)c(-c2ccc3cc4ccccc4cc3c2)c1. The molecule has 7 aromatic carbocycles. The van der Waals surface area contributed by atoms with Crippen molar-refractivity contribution in [3.05, 3.63) is 133 Å². The van der Waals surface area contributed by atoms with Crippen LogP contribution in [0.4, 0.5) is 0 Å². The van der Waals surface area contributed by atoms with E-state index in [1.54, 1.807) is 0 Å². The predicted molar refractivity (Wildman–Crippen MR) is 147 cm³/mol. The molecule has 0 aromatic heterocycles. The Labute approximate surface area is 198 Å². The lowest BCUT2D eigenvalue weighted by atomic mass is 9.91. The van der Waals surface area contributed by atoms with Crippen molar-refractivity contribution < 1.29 is 0 Å². The fourth-order valence-corrected chi connectivity index (χ4v) is 5.20. The van der Waals surface area contributed by atoms with E-state index in [1.165, 1.54) is 65.3 Å². The predicted octanol–water partition coefficient (Wildman–Crippen LogP) is 9.63. The summed E-state index contributed by atoms with van der Waals surface area (Å²) in [6.07, 6.45) is 0. The van der Waals surface area contributed by atoms with Crippen LogP contribution in [0.2, 0.25) is 0 Å². The second-order valence-electron chi connectivity index (χ2n) is 9.07. The van der Waals surface area contributed by atoms with Gasteiger partial charge in [-0.05, 0) is 102 Å². The average molecular weight is 431 g/mol. The van der Waals surface area contributed by atoms with Crippen molar-refractivity contribution in [2.45, 2.75) is 0 Å². The van der Waals surface area contributed by atoms with Gasteiger partial charge < -0.3 is 0 Å². The Morgan fingerprint density at radius 3 is 0.971 bits per heavy atom. The third-order valence-corrected chi connectivity index (χ3v) is 6.96. The Kier molecular flexibility index (Phi) is 4.25. The molecule has 0 aliphatic heterocycles. The Hall–Kier alpha value is -4.42. The van der Waals surface area contributed by atoms with Crippen LogP contribution in [0.5, 0.6) is 0 Å². The standard InChI is InChI=1S/C34H22/c1-3-9-25-19-31-21-29(15-13-27(31)17-23(25)7-1)33-11-5-6-12-34(33)30-16-14-28-18-24-8-2-4-10-26(24)20-32(28)22-30/h1-22H. The molecule has 0 saturated heterocycles. The van der Waals surface area contributed by atoms with E-state index in [9.17, 15) is 0 Å². The minimum atomic E-state index is 1.25. The van der Waals surface area contributed by atoms with Gasteiger partial charge in [-0.15, -0.1) is 0 Å². The van der Waals surface area contributed by atoms with Crippen molar-refractivity contribution in [3.8, 4) is 22.3 Å². The molecule has 0 aliphatic carbocycles. The molecule has 7 rings (SSSR count). The first kappa shape index (κ1) is 19.1. The molecule has 0 atom stereocenters. The van der Waals surface area contributed by atoms with E-state index in [4.69, 9.17) is 0 Å². The fourth-order valence-electron chi connectivity index (χ4n) is 5.20. The summed E-state index contributed by atoms with van der Waals surface area (Å²) in [5.41, 5.74) is 5.02. The maximum atomic E-state index is 2.33. The fraction of sp³-hybridized carbons (Fsp3) is 0. The molecule has 0 unspecified atom stereocenters. The Morgan fingerprint density at radius 1 is 0.235 bits per heavy atom. The minimum absolute atomic E-state index is 1.25. The molecule has 0 heteroatoms. The largest absolute Gasteiger partial charge is 0.0616 e. The van der Waals surface area contributed by atoms with Gasteiger partial charge in [-0.1, -0.05) is 97.1 Å². The van der Waals surface area contributed by atoms with Gasteiger partial charge in [-0.2, -0.15) is 0 Å². The molecular formula is C34H22. The van der Waals surface area contributed by atoms with Gasteiger partial charge in [0.1, 0.15) is 0 Å². The first-order chi connectivity index (χ1) is 16.8. The highest BCUT2D eigenvalue weighted by Crippen LogP contribution is 2.36. The molecule has 0 spiro atoms. The van der Waals surface area contributed by atoms with Gasteiger partial charge in [0.25, 0.3) is 0 Å². The van der Waals surface area contributed by atoms with Crippen LogP contribution in [0.3, 0.4) is 0 Å². The molecule has 7 aromatic rings. The average Bonchev–Trinajstić information content (AvgIpc) is 2.90. The lowest BCUT2D eigenvalue weighted by molar-refractivity contribution is 1.61. The van der Waals surface area contributed by atoms with Crippen LogP contribution in [0, 0.1) is 0 Å². The van der Waals surface area contributed by atoms with E-state index < -0.39 is 0 Å². The highest BCUT2D eigenvalue weighted by atomic mass is 14.1. The summed E-state index contributed by atoms with van der Waals surface area (Å²) in [4.78, 5) is 0. The van der Waals surface area contributed by atoms with E-state index in [1.807, 2.05) is 0 Å². The first-order valence-electron chi connectivity index (χ1n) is 11.8. The van der Waals surface area contributed by atoms with Gasteiger partial charge in [-0.25, -0.2) is 0 Å². The van der Waals surface area contributed by atoms with Crippen LogP contribution >= 0.6 is 0 Å². The van der Waals surface area contributed by atoms with Gasteiger partial charge in [0.05, 0.1) is 0 Å². The molecule has 0 nitrogen and oxygen atoms in total. The highest BCUT2D eigenvalue weighted by molar-refractivity contribution is 6.02. The zero-order chi connectivity index (χ0) is 22.5. The van der Waals surface area contributed by atoms with Crippen molar-refractivity contribution in [1.82, 2.24) is 0 Å². The maximum absolute atomic E-state index is 2.33. The number of benzene rings is 7. The molecule has 0 amide bonds. The first-order valence-corrected chi connectivity index (χ1v) is 11.8. The van der Waals surface area contributed by atoms with Gasteiger partial charge in [-0.3, -0.25) is 0 Å². The molecule has 34 heavy (non-hydrogen) atoms. The summed E-state index contributed by atoms with van der Waals surface area (Å²) < 4.78 is 0. The van der Waals surface area contributed by atoms with Crippen LogP contribution in [-0.2, 0) is 0 Å². The van der Waals surface area contributed by atoms with Crippen LogP contribution in [0.25, 0.3) is 65.3 Å². The maximum Gasteiger partial charge on any atom is -0.0105 e. The zero-order valence-electron chi connectivity index (χ0n) is 18.7. The van der Waals surface area contributed by atoms with Gasteiger partial charge in [0.2, 0.25) is 0 Å².